The molecule has 0 saturated carbocycles. The second-order valence-corrected chi connectivity index (χ2v) is 12.0. The Balaban J connectivity index is 1.46. The van der Waals surface area contributed by atoms with Crippen LogP contribution in [0.25, 0.3) is 53.9 Å². The molecule has 0 amide bonds. The van der Waals surface area contributed by atoms with Gasteiger partial charge in [-0.25, -0.2) is 65.9 Å². The Kier molecular flexibility index (Phi) is 8.14. The third kappa shape index (κ3) is 4.73. The van der Waals surface area contributed by atoms with Crippen molar-refractivity contribution in [1.29, 1.82) is 0 Å². The summed E-state index contributed by atoms with van der Waals surface area (Å²) in [7, 11) is -3.25. The summed E-state index contributed by atoms with van der Waals surface area (Å²) < 4.78 is 266. The molecule has 0 fully saturated rings. The van der Waals surface area contributed by atoms with Gasteiger partial charge in [-0.1, -0.05) is 18.2 Å². The summed E-state index contributed by atoms with van der Waals surface area (Å²) in [6.07, 6.45) is 0. The third-order valence-electron chi connectivity index (χ3n) is 9.07. The van der Waals surface area contributed by atoms with Crippen LogP contribution in [0.4, 0.5) is 74.6 Å². The maximum atomic E-state index is 16.1. The van der Waals surface area contributed by atoms with Crippen LogP contribution in [-0.2, 0) is 0 Å². The molecule has 0 radical (unpaired) electrons. The molecule has 0 aliphatic heterocycles. The predicted octanol–water partition coefficient (Wildman–Crippen LogP) is 11.1. The normalized spacial score (nSPS) is 12.0. The first-order chi connectivity index (χ1) is 26.4. The van der Waals surface area contributed by atoms with Gasteiger partial charge in [0.05, 0.1) is 37.8 Å². The van der Waals surface area contributed by atoms with Gasteiger partial charge in [-0.15, -0.1) is 0 Å². The molecule has 8 aromatic carbocycles. The average molecular weight is 804 g/mol. The van der Waals surface area contributed by atoms with Crippen molar-refractivity contribution in [2.45, 2.75) is 0 Å². The topological polar surface area (TPSA) is 18.5 Å². The Bertz CT molecular complexity index is 3080. The van der Waals surface area contributed by atoms with E-state index in [-0.39, 0.29) is 17.5 Å². The number of rotatable bonds is 5. The molecule has 0 bridgehead atoms. The zero-order valence-corrected chi connectivity index (χ0v) is 26.3. The largest absolute Gasteiger partial charge is 0.635 e. The molecule has 0 saturated heterocycles. The minimum absolute atomic E-state index is 0.110. The molecular weight excluding hydrogens is 798 g/mol. The van der Waals surface area contributed by atoms with Crippen molar-refractivity contribution < 1.29 is 83.9 Å². The fourth-order valence-electron chi connectivity index (χ4n) is 6.58. The molecule has 0 aromatic heterocycles. The molecule has 8 rings (SSSR count). The van der Waals surface area contributed by atoms with E-state index < -0.39 is 171 Å². The molecule has 284 valence electrons. The first-order valence-electron chi connectivity index (χ1n) is 15.1. The van der Waals surface area contributed by atoms with Crippen LogP contribution >= 0.6 is 0 Å². The quantitative estimate of drug-likeness (QED) is 0.0431. The Labute approximate surface area is 297 Å². The van der Waals surface area contributed by atoms with Crippen LogP contribution in [0.1, 0.15) is 0 Å². The SMILES string of the molecule is Fc1ccc(B(Oc2c(F)c(F)c3c(F)c(F)c4c(F)ccc5ccc2c3c54)Oc2c(F)c(F)c(F)c3c(F)c4c(F)c(F)c(F)c(F)c4c(F)c23)c(F)c1F. The van der Waals surface area contributed by atoms with Gasteiger partial charge in [0.25, 0.3) is 0 Å². The second kappa shape index (κ2) is 12.4. The van der Waals surface area contributed by atoms with Gasteiger partial charge < -0.3 is 9.31 Å². The molecule has 8 aromatic rings. The van der Waals surface area contributed by atoms with Crippen molar-refractivity contribution in [3.05, 3.63) is 135 Å². The van der Waals surface area contributed by atoms with E-state index in [9.17, 15) is 30.7 Å². The lowest BCUT2D eigenvalue weighted by Gasteiger charge is -2.23. The number of fused-ring (bicyclic) bond motifs is 2. The van der Waals surface area contributed by atoms with E-state index in [1.807, 2.05) is 0 Å². The molecular formula is C36H6BF17O2. The molecule has 0 heterocycles. The number of hydrogen-bond acceptors (Lipinski definition) is 2. The maximum Gasteiger partial charge on any atom is 0.635 e. The molecule has 0 aliphatic carbocycles. The number of hydrogen-bond donors (Lipinski definition) is 0. The Morgan fingerprint density at radius 1 is 0.286 bits per heavy atom. The summed E-state index contributed by atoms with van der Waals surface area (Å²) >= 11 is 0. The first kappa shape index (κ1) is 36.8. The maximum absolute atomic E-state index is 16.1. The van der Waals surface area contributed by atoms with Gasteiger partial charge >= 0.3 is 7.12 Å². The van der Waals surface area contributed by atoms with Crippen LogP contribution in [-0.4, -0.2) is 7.12 Å². The molecule has 20 heteroatoms. The third-order valence-corrected chi connectivity index (χ3v) is 9.07. The first-order valence-corrected chi connectivity index (χ1v) is 15.1. The van der Waals surface area contributed by atoms with Crippen LogP contribution in [0.2, 0.25) is 0 Å². The lowest BCUT2D eigenvalue weighted by atomic mass is 9.77. The highest BCUT2D eigenvalue weighted by Crippen LogP contribution is 2.46. The van der Waals surface area contributed by atoms with Gasteiger partial charge in [-0.2, -0.15) is 8.78 Å². The summed E-state index contributed by atoms with van der Waals surface area (Å²) in [5.74, 6) is -45.2. The van der Waals surface area contributed by atoms with Crippen LogP contribution in [0, 0.1) is 98.9 Å². The molecule has 2 nitrogen and oxygen atoms in total. The molecule has 56 heavy (non-hydrogen) atoms. The minimum Gasteiger partial charge on any atom is -0.519 e. The zero-order chi connectivity index (χ0) is 40.6. The Morgan fingerprint density at radius 3 is 1.34 bits per heavy atom. The highest BCUT2D eigenvalue weighted by atomic mass is 19.2. The van der Waals surface area contributed by atoms with E-state index >= 15 is 43.9 Å². The second-order valence-electron chi connectivity index (χ2n) is 12.0. The van der Waals surface area contributed by atoms with Gasteiger partial charge in [0.1, 0.15) is 23.2 Å². The molecule has 0 N–H and O–H groups in total. The van der Waals surface area contributed by atoms with Crippen molar-refractivity contribution >= 4 is 66.4 Å². The lowest BCUT2D eigenvalue weighted by Crippen LogP contribution is -2.45. The van der Waals surface area contributed by atoms with Crippen molar-refractivity contribution in [3.63, 3.8) is 0 Å². The molecule has 0 aliphatic rings. The van der Waals surface area contributed by atoms with Gasteiger partial charge in [0.2, 0.25) is 5.82 Å². The van der Waals surface area contributed by atoms with E-state index in [0.29, 0.717) is 6.07 Å². The van der Waals surface area contributed by atoms with E-state index in [0.717, 1.165) is 18.2 Å². The van der Waals surface area contributed by atoms with E-state index in [2.05, 4.69) is 0 Å². The van der Waals surface area contributed by atoms with E-state index in [4.69, 9.17) is 9.31 Å². The predicted molar refractivity (Wildman–Crippen MR) is 164 cm³/mol. The fourth-order valence-corrected chi connectivity index (χ4v) is 6.58. The molecule has 0 spiro atoms. The highest BCUT2D eigenvalue weighted by molar-refractivity contribution is 6.63. The van der Waals surface area contributed by atoms with Crippen LogP contribution in [0.15, 0.2) is 36.4 Å². The lowest BCUT2D eigenvalue weighted by molar-refractivity contribution is 0.380. The standard InChI is InChI=1S/C36H6BF17O2/c38-10-5-2-7-1-3-8-13-12(7)14(10)24(44)25(45)15(13)29(49)33(53)35(8)55-37(9-4-6-11(39)21(41)20(9)40)56-36-19-18(28(48)32(52)34(36)54)22(42)16-17(23(19)43)27(47)31(51)30(50)26(16)46/h1-6H. The minimum atomic E-state index is -3.25. The van der Waals surface area contributed by atoms with Crippen molar-refractivity contribution in [1.82, 2.24) is 0 Å². The zero-order valence-electron chi connectivity index (χ0n) is 26.3. The number of halogens is 17. The van der Waals surface area contributed by atoms with Gasteiger partial charge in [0.15, 0.2) is 81.4 Å². The van der Waals surface area contributed by atoms with Gasteiger partial charge in [0, 0.05) is 16.2 Å². The Hall–Kier alpha value is -6.21. The van der Waals surface area contributed by atoms with Crippen molar-refractivity contribution in [2.75, 3.05) is 0 Å². The molecule has 0 unspecified atom stereocenters. The smallest absolute Gasteiger partial charge is 0.519 e. The monoisotopic (exact) mass is 804 g/mol. The van der Waals surface area contributed by atoms with E-state index in [1.54, 1.807) is 0 Å². The highest BCUT2D eigenvalue weighted by Gasteiger charge is 2.40. The summed E-state index contributed by atoms with van der Waals surface area (Å²) in [5, 5.41) is -13.7. The van der Waals surface area contributed by atoms with Crippen molar-refractivity contribution in [2.24, 2.45) is 0 Å². The van der Waals surface area contributed by atoms with Gasteiger partial charge in [-0.05, 0) is 23.6 Å². The van der Waals surface area contributed by atoms with Crippen LogP contribution in [0.3, 0.4) is 0 Å². The van der Waals surface area contributed by atoms with Crippen LogP contribution in [0.5, 0.6) is 11.5 Å². The van der Waals surface area contributed by atoms with Crippen LogP contribution < -0.4 is 14.8 Å². The Morgan fingerprint density at radius 2 is 0.714 bits per heavy atom. The average Bonchev–Trinajstić information content (AvgIpc) is 3.17. The number of benzene rings is 8. The van der Waals surface area contributed by atoms with E-state index in [1.165, 1.54) is 0 Å². The van der Waals surface area contributed by atoms with Crippen molar-refractivity contribution in [3.8, 4) is 11.5 Å². The fraction of sp³-hybridized carbons (Fsp3) is 0. The molecule has 0 atom stereocenters. The van der Waals surface area contributed by atoms with Gasteiger partial charge in [-0.3, -0.25) is 0 Å². The summed E-state index contributed by atoms with van der Waals surface area (Å²) in [6.45, 7) is 0. The summed E-state index contributed by atoms with van der Waals surface area (Å²) in [6, 6.07) is 3.79. The summed E-state index contributed by atoms with van der Waals surface area (Å²) in [4.78, 5) is 0. The summed E-state index contributed by atoms with van der Waals surface area (Å²) in [5.41, 5.74) is -1.55.